The average Bonchev–Trinajstić information content (AvgIpc) is 3.65. The van der Waals surface area contributed by atoms with E-state index in [1.54, 1.807) is 0 Å². The number of amides is 1. The van der Waals surface area contributed by atoms with Crippen molar-refractivity contribution < 1.29 is 14.3 Å². The zero-order chi connectivity index (χ0) is 26.0. The van der Waals surface area contributed by atoms with Crippen LogP contribution in [-0.2, 0) is 30.5 Å². The van der Waals surface area contributed by atoms with Crippen LogP contribution < -0.4 is 19.7 Å². The van der Waals surface area contributed by atoms with Gasteiger partial charge in [0.2, 0.25) is 6.41 Å². The number of nitrogens with zero attached hydrogens (tertiary/aromatic N) is 1. The molecule has 0 aliphatic carbocycles. The van der Waals surface area contributed by atoms with E-state index < -0.39 is 0 Å². The van der Waals surface area contributed by atoms with Crippen LogP contribution in [0.4, 0.5) is 11.4 Å². The summed E-state index contributed by atoms with van der Waals surface area (Å²) in [5.41, 5.74) is 13.1. The summed E-state index contributed by atoms with van der Waals surface area (Å²) < 4.78 is 14.5. The van der Waals surface area contributed by atoms with Crippen LogP contribution in [0.15, 0.2) is 0 Å². The van der Waals surface area contributed by atoms with Gasteiger partial charge in [-0.1, -0.05) is 45.2 Å². The number of carbonyl (C=O) groups is 1. The van der Waals surface area contributed by atoms with Crippen LogP contribution in [0.1, 0.15) is 58.4 Å². The molecule has 4 aliphatic heterocycles. The first-order valence-electron chi connectivity index (χ1n) is 12.8. The van der Waals surface area contributed by atoms with E-state index in [-0.39, 0.29) is 11.2 Å². The highest BCUT2D eigenvalue weighted by atomic mass is 127. The van der Waals surface area contributed by atoms with Gasteiger partial charge in [-0.15, -0.1) is 0 Å². The van der Waals surface area contributed by atoms with E-state index in [0.717, 1.165) is 65.5 Å². The van der Waals surface area contributed by atoms with Crippen LogP contribution in [-0.4, -0.2) is 39.6 Å². The monoisotopic (exact) mass is 714 g/mol. The molecule has 6 rings (SSSR count). The fourth-order valence-corrected chi connectivity index (χ4v) is 7.08. The Balaban J connectivity index is 0.000000149. The molecule has 2 aromatic rings. The predicted molar refractivity (Wildman–Crippen MR) is 164 cm³/mol. The molecule has 194 valence electrons. The van der Waals surface area contributed by atoms with E-state index in [1.807, 2.05) is 4.90 Å². The van der Waals surface area contributed by atoms with Gasteiger partial charge in [0.15, 0.2) is 0 Å². The Morgan fingerprint density at radius 1 is 0.833 bits per heavy atom. The van der Waals surface area contributed by atoms with Crippen molar-refractivity contribution in [1.29, 1.82) is 0 Å². The third kappa shape index (κ3) is 4.10. The summed E-state index contributed by atoms with van der Waals surface area (Å²) in [4.78, 5) is 13.1. The Kier molecular flexibility index (Phi) is 6.96. The van der Waals surface area contributed by atoms with Crippen molar-refractivity contribution in [2.75, 3.05) is 32.2 Å². The van der Waals surface area contributed by atoms with Crippen LogP contribution in [0.25, 0.3) is 0 Å². The van der Waals surface area contributed by atoms with Crippen LogP contribution >= 0.6 is 45.2 Å². The molecule has 0 bridgehead atoms. The summed E-state index contributed by atoms with van der Waals surface area (Å²) in [6, 6.07) is 0. The lowest BCUT2D eigenvalue weighted by Crippen LogP contribution is -2.32. The minimum atomic E-state index is -0.0934. The minimum absolute atomic E-state index is 0.00218. The maximum Gasteiger partial charge on any atom is 0.214 e. The lowest BCUT2D eigenvalue weighted by molar-refractivity contribution is -0.107. The molecule has 5 nitrogen and oxygen atoms in total. The number of ether oxygens (including phenoxy) is 2. The lowest BCUT2D eigenvalue weighted by atomic mass is 9.92. The minimum Gasteiger partial charge on any atom is -0.486 e. The number of hydrogen-bond donors (Lipinski definition) is 1. The fourth-order valence-electron chi connectivity index (χ4n) is 6.23. The average molecular weight is 714 g/mol. The van der Waals surface area contributed by atoms with Crippen LogP contribution in [0, 0.1) is 27.7 Å². The van der Waals surface area contributed by atoms with E-state index >= 15 is 0 Å². The summed E-state index contributed by atoms with van der Waals surface area (Å²) in [6.07, 6.45) is 5.09. The predicted octanol–water partition coefficient (Wildman–Crippen LogP) is 6.35. The summed E-state index contributed by atoms with van der Waals surface area (Å²) in [5.74, 6) is 2.24. The molecule has 1 amide bonds. The smallest absolute Gasteiger partial charge is 0.214 e. The SMILES string of the molecule is Cc1c(C)c2c(c3c1NCC3)CC(C)(CI)O2.Cc1c(C)c2c(c3c1OC(C)(CI)C3)CCN2C=O. The van der Waals surface area contributed by atoms with Crippen LogP contribution in [0.3, 0.4) is 0 Å². The van der Waals surface area contributed by atoms with Crippen LogP contribution in [0.5, 0.6) is 11.5 Å². The molecule has 4 aliphatic rings. The summed E-state index contributed by atoms with van der Waals surface area (Å²) in [6.45, 7) is 14.9. The van der Waals surface area contributed by atoms with Gasteiger partial charge < -0.3 is 19.7 Å². The second-order valence-electron chi connectivity index (χ2n) is 11.2. The number of fused-ring (bicyclic) bond motifs is 6. The van der Waals surface area contributed by atoms with E-state index in [4.69, 9.17) is 9.47 Å². The molecule has 4 heterocycles. The van der Waals surface area contributed by atoms with E-state index in [1.165, 1.54) is 55.9 Å². The molecule has 0 radical (unpaired) electrons. The Morgan fingerprint density at radius 2 is 1.39 bits per heavy atom. The van der Waals surface area contributed by atoms with Gasteiger partial charge in [0.25, 0.3) is 0 Å². The number of carbonyl (C=O) groups excluding carboxylic acids is 1. The van der Waals surface area contributed by atoms with E-state index in [9.17, 15) is 4.79 Å². The van der Waals surface area contributed by atoms with Gasteiger partial charge >= 0.3 is 0 Å². The zero-order valence-electron chi connectivity index (χ0n) is 22.2. The number of halogens is 2. The van der Waals surface area contributed by atoms with Crippen molar-refractivity contribution in [3.8, 4) is 11.5 Å². The summed E-state index contributed by atoms with van der Waals surface area (Å²) in [5, 5.41) is 3.53. The molecule has 0 aromatic heterocycles. The second kappa shape index (κ2) is 9.50. The number of alkyl halides is 2. The molecular weight excluding hydrogens is 678 g/mol. The molecule has 0 spiro atoms. The van der Waals surface area contributed by atoms with Crippen molar-refractivity contribution in [3.63, 3.8) is 0 Å². The Morgan fingerprint density at radius 3 is 1.94 bits per heavy atom. The normalized spacial score (nSPS) is 24.6. The molecule has 7 heteroatoms. The maximum atomic E-state index is 11.2. The van der Waals surface area contributed by atoms with Crippen molar-refractivity contribution in [3.05, 3.63) is 44.5 Å². The van der Waals surface area contributed by atoms with Crippen molar-refractivity contribution in [2.45, 2.75) is 78.4 Å². The number of benzene rings is 2. The Bertz CT molecular complexity index is 1260. The number of hydrogen-bond acceptors (Lipinski definition) is 4. The molecule has 2 unspecified atom stereocenters. The Hall–Kier alpha value is -1.23. The topological polar surface area (TPSA) is 50.8 Å². The van der Waals surface area contributed by atoms with Crippen molar-refractivity contribution >= 4 is 63.0 Å². The van der Waals surface area contributed by atoms with E-state index in [0.29, 0.717) is 0 Å². The molecule has 0 saturated carbocycles. The molecule has 1 N–H and O–H groups in total. The first-order chi connectivity index (χ1) is 17.1. The highest BCUT2D eigenvalue weighted by Crippen LogP contribution is 2.48. The Labute approximate surface area is 242 Å². The van der Waals surface area contributed by atoms with Gasteiger partial charge in [-0.05, 0) is 87.8 Å². The molecule has 0 saturated heterocycles. The van der Waals surface area contributed by atoms with Gasteiger partial charge in [-0.25, -0.2) is 0 Å². The second-order valence-corrected chi connectivity index (χ2v) is 12.8. The van der Waals surface area contributed by atoms with Gasteiger partial charge in [-0.2, -0.15) is 0 Å². The number of nitrogens with one attached hydrogen (secondary N) is 1. The van der Waals surface area contributed by atoms with Gasteiger partial charge in [-0.3, -0.25) is 4.79 Å². The molecule has 2 atom stereocenters. The third-order valence-electron chi connectivity index (χ3n) is 8.46. The molecule has 36 heavy (non-hydrogen) atoms. The standard InChI is InChI=1S/C15H18INO2.C14H18INO/c1-9-10(2)14-12(6-15(3,7-16)19-14)11-4-5-17(8-18)13(9)11;1-8-9(2)13-11(6-14(3,7-15)17-13)10-4-5-16-12(8)10/h8H,4-7H2,1-3H3;16H,4-7H2,1-3H3. The zero-order valence-corrected chi connectivity index (χ0v) is 26.5. The summed E-state index contributed by atoms with van der Waals surface area (Å²) >= 11 is 4.83. The highest BCUT2D eigenvalue weighted by molar-refractivity contribution is 14.1. The largest absolute Gasteiger partial charge is 0.486 e. The fraction of sp³-hybridized carbons (Fsp3) is 0.552. The number of rotatable bonds is 3. The van der Waals surface area contributed by atoms with Gasteiger partial charge in [0.1, 0.15) is 22.7 Å². The van der Waals surface area contributed by atoms with Crippen LogP contribution in [0.2, 0.25) is 0 Å². The first-order valence-corrected chi connectivity index (χ1v) is 15.9. The van der Waals surface area contributed by atoms with Crippen molar-refractivity contribution in [1.82, 2.24) is 0 Å². The van der Waals surface area contributed by atoms with Gasteiger partial charge in [0.05, 0.1) is 5.69 Å². The third-order valence-corrected chi connectivity index (χ3v) is 11.7. The number of anilines is 2. The molecule has 2 aromatic carbocycles. The maximum absolute atomic E-state index is 11.2. The summed E-state index contributed by atoms with van der Waals surface area (Å²) in [7, 11) is 0. The quantitative estimate of drug-likeness (QED) is 0.229. The van der Waals surface area contributed by atoms with Gasteiger partial charge in [0, 0.05) is 51.6 Å². The van der Waals surface area contributed by atoms with E-state index in [2.05, 4.69) is 92.0 Å². The first kappa shape index (κ1) is 26.4. The highest BCUT2D eigenvalue weighted by Gasteiger charge is 2.40. The lowest BCUT2D eigenvalue weighted by Gasteiger charge is -2.21. The molecule has 0 fully saturated rings. The molecular formula is C29H36I2N2O3. The van der Waals surface area contributed by atoms with Crippen molar-refractivity contribution in [2.24, 2.45) is 0 Å².